The Morgan fingerprint density at radius 3 is 2.85 bits per heavy atom. The van der Waals surface area contributed by atoms with Gasteiger partial charge in [-0.05, 0) is 0 Å². The lowest BCUT2D eigenvalue weighted by Gasteiger charge is -1.95. The Labute approximate surface area is 76.5 Å². The van der Waals surface area contributed by atoms with Crippen LogP contribution in [-0.2, 0) is 22.4 Å². The second kappa shape index (κ2) is 2.82. The van der Waals surface area contributed by atoms with Gasteiger partial charge in [-0.25, -0.2) is 9.55 Å². The van der Waals surface area contributed by atoms with Crippen LogP contribution in [0.25, 0.3) is 0 Å². The van der Waals surface area contributed by atoms with Gasteiger partial charge in [0, 0.05) is 0 Å². The number of hydrogen-bond donors (Lipinski definition) is 1. The Morgan fingerprint density at radius 1 is 1.38 bits per heavy atom. The molecular formula is C9H13N2O2+. The average molecular weight is 181 g/mol. The van der Waals surface area contributed by atoms with Crippen molar-refractivity contribution in [2.45, 2.75) is 25.2 Å². The maximum Gasteiger partial charge on any atom is 0.257 e. The molecule has 70 valence electrons. The van der Waals surface area contributed by atoms with Crippen LogP contribution in [0.5, 0.6) is 0 Å². The minimum absolute atomic E-state index is 0.444. The molecule has 3 heterocycles. The van der Waals surface area contributed by atoms with E-state index in [0.717, 1.165) is 26.2 Å². The van der Waals surface area contributed by atoms with Gasteiger partial charge in [-0.2, -0.15) is 0 Å². The zero-order valence-corrected chi connectivity index (χ0v) is 7.40. The number of ether oxygens (including phenoxy) is 2. The van der Waals surface area contributed by atoms with E-state index in [0.29, 0.717) is 12.2 Å². The van der Waals surface area contributed by atoms with E-state index < -0.39 is 0 Å². The molecule has 0 spiro atoms. The van der Waals surface area contributed by atoms with Crippen molar-refractivity contribution in [1.82, 2.24) is 4.98 Å². The first-order valence-electron chi connectivity index (χ1n) is 4.71. The number of nitrogens with zero attached hydrogens (tertiary/aromatic N) is 1. The van der Waals surface area contributed by atoms with E-state index in [4.69, 9.17) is 9.47 Å². The van der Waals surface area contributed by atoms with Crippen molar-refractivity contribution in [3.63, 3.8) is 0 Å². The maximum atomic E-state index is 5.19. The molecule has 2 saturated heterocycles. The van der Waals surface area contributed by atoms with Gasteiger partial charge in [0.05, 0.1) is 25.7 Å². The predicted octanol–water partition coefficient (Wildman–Crippen LogP) is -0.358. The van der Waals surface area contributed by atoms with Crippen molar-refractivity contribution in [3.05, 3.63) is 18.2 Å². The standard InChI is InChI=1S/C9H12N2O2/c1-2-11(4-8-6-13-8)9(10-1)3-7-5-12-7/h1-2,7-8H,3-6H2/p+1. The molecular weight excluding hydrogens is 168 g/mol. The average Bonchev–Trinajstić information content (AvgIpc) is 2.95. The molecule has 4 heteroatoms. The van der Waals surface area contributed by atoms with Crippen LogP contribution < -0.4 is 4.57 Å². The van der Waals surface area contributed by atoms with Crippen molar-refractivity contribution < 1.29 is 14.0 Å². The monoisotopic (exact) mass is 181 g/mol. The summed E-state index contributed by atoms with van der Waals surface area (Å²) < 4.78 is 12.6. The lowest BCUT2D eigenvalue weighted by Crippen LogP contribution is -2.39. The second-order valence-electron chi connectivity index (χ2n) is 3.67. The van der Waals surface area contributed by atoms with Crippen LogP contribution >= 0.6 is 0 Å². The Hall–Kier alpha value is -0.870. The van der Waals surface area contributed by atoms with Crippen LogP contribution in [0.2, 0.25) is 0 Å². The van der Waals surface area contributed by atoms with Crippen LogP contribution in [0, 0.1) is 0 Å². The summed E-state index contributed by atoms with van der Waals surface area (Å²) in [4.78, 5) is 3.24. The fraction of sp³-hybridized carbons (Fsp3) is 0.667. The summed E-state index contributed by atoms with van der Waals surface area (Å²) in [6, 6.07) is 0. The van der Waals surface area contributed by atoms with Crippen molar-refractivity contribution in [2.75, 3.05) is 13.2 Å². The molecule has 2 aliphatic heterocycles. The summed E-state index contributed by atoms with van der Waals surface area (Å²) in [6.07, 6.45) is 5.93. The van der Waals surface area contributed by atoms with E-state index in [9.17, 15) is 0 Å². The Bertz CT molecular complexity index is 274. The molecule has 3 rings (SSSR count). The number of aromatic nitrogens is 2. The molecule has 0 amide bonds. The third-order valence-corrected chi connectivity index (χ3v) is 2.48. The lowest BCUT2D eigenvalue weighted by molar-refractivity contribution is -0.704. The number of rotatable bonds is 4. The Morgan fingerprint density at radius 2 is 2.15 bits per heavy atom. The van der Waals surface area contributed by atoms with Gasteiger partial charge < -0.3 is 9.47 Å². The first-order chi connectivity index (χ1) is 6.42. The molecule has 2 atom stereocenters. The summed E-state index contributed by atoms with van der Waals surface area (Å²) in [7, 11) is 0. The van der Waals surface area contributed by atoms with E-state index in [2.05, 4.69) is 15.7 Å². The number of aromatic amines is 1. The second-order valence-corrected chi connectivity index (χ2v) is 3.67. The third-order valence-electron chi connectivity index (χ3n) is 2.48. The molecule has 2 fully saturated rings. The van der Waals surface area contributed by atoms with E-state index in [1.165, 1.54) is 5.82 Å². The largest absolute Gasteiger partial charge is 0.372 e. The van der Waals surface area contributed by atoms with E-state index in [1.54, 1.807) is 0 Å². The van der Waals surface area contributed by atoms with Crippen molar-refractivity contribution in [2.24, 2.45) is 0 Å². The van der Waals surface area contributed by atoms with Gasteiger partial charge in [0.2, 0.25) is 0 Å². The lowest BCUT2D eigenvalue weighted by atomic mass is 10.3. The van der Waals surface area contributed by atoms with Crippen LogP contribution in [0.4, 0.5) is 0 Å². The molecule has 0 aromatic carbocycles. The smallest absolute Gasteiger partial charge is 0.257 e. The highest BCUT2D eigenvalue weighted by Gasteiger charge is 2.31. The third kappa shape index (κ3) is 1.73. The number of H-pyrrole nitrogens is 1. The fourth-order valence-corrected chi connectivity index (χ4v) is 1.54. The molecule has 0 radical (unpaired) electrons. The van der Waals surface area contributed by atoms with Gasteiger partial charge in [0.25, 0.3) is 5.82 Å². The molecule has 1 aromatic heterocycles. The maximum absolute atomic E-state index is 5.19. The topological polar surface area (TPSA) is 44.7 Å². The van der Waals surface area contributed by atoms with Gasteiger partial charge in [0.15, 0.2) is 0 Å². The number of imidazole rings is 1. The number of epoxide rings is 2. The van der Waals surface area contributed by atoms with E-state index in [-0.39, 0.29) is 0 Å². The highest BCUT2D eigenvalue weighted by molar-refractivity contribution is 4.86. The normalized spacial score (nSPS) is 30.5. The van der Waals surface area contributed by atoms with E-state index in [1.807, 2.05) is 6.20 Å². The van der Waals surface area contributed by atoms with E-state index >= 15 is 0 Å². The molecule has 0 bridgehead atoms. The molecule has 2 aliphatic rings. The van der Waals surface area contributed by atoms with Crippen LogP contribution in [0.3, 0.4) is 0 Å². The number of nitrogens with one attached hydrogen (secondary N) is 1. The van der Waals surface area contributed by atoms with Crippen LogP contribution in [0.15, 0.2) is 12.4 Å². The minimum atomic E-state index is 0.444. The molecule has 0 saturated carbocycles. The van der Waals surface area contributed by atoms with Crippen molar-refractivity contribution in [1.29, 1.82) is 0 Å². The zero-order chi connectivity index (χ0) is 8.67. The molecule has 0 aliphatic carbocycles. The van der Waals surface area contributed by atoms with Gasteiger partial charge in [-0.3, -0.25) is 0 Å². The summed E-state index contributed by atoms with van der Waals surface area (Å²) >= 11 is 0. The predicted molar refractivity (Wildman–Crippen MR) is 44.2 cm³/mol. The van der Waals surface area contributed by atoms with Gasteiger partial charge in [-0.1, -0.05) is 0 Å². The summed E-state index contributed by atoms with van der Waals surface area (Å²) in [5, 5.41) is 0. The Balaban J connectivity index is 1.70. The van der Waals surface area contributed by atoms with Crippen LogP contribution in [0.1, 0.15) is 5.82 Å². The first kappa shape index (κ1) is 7.53. The highest BCUT2D eigenvalue weighted by atomic mass is 16.6. The molecule has 1 aromatic rings. The van der Waals surface area contributed by atoms with Gasteiger partial charge >= 0.3 is 0 Å². The zero-order valence-electron chi connectivity index (χ0n) is 7.40. The van der Waals surface area contributed by atoms with Crippen molar-refractivity contribution >= 4 is 0 Å². The summed E-state index contributed by atoms with van der Waals surface area (Å²) in [5.74, 6) is 1.25. The van der Waals surface area contributed by atoms with Gasteiger partial charge in [0.1, 0.15) is 25.0 Å². The molecule has 2 unspecified atom stereocenters. The Kier molecular flexibility index (Phi) is 1.63. The summed E-state index contributed by atoms with van der Waals surface area (Å²) in [5.41, 5.74) is 0. The molecule has 4 nitrogen and oxygen atoms in total. The SMILES string of the molecule is c1c[n+](CC2CO2)c(CC2CO2)[nH]1. The first-order valence-corrected chi connectivity index (χ1v) is 4.71. The fourth-order valence-electron chi connectivity index (χ4n) is 1.54. The quantitative estimate of drug-likeness (QED) is 0.509. The summed E-state index contributed by atoms with van der Waals surface area (Å²) in [6.45, 7) is 2.81. The van der Waals surface area contributed by atoms with Crippen LogP contribution in [-0.4, -0.2) is 30.4 Å². The molecule has 1 N–H and O–H groups in total. The number of hydrogen-bond acceptors (Lipinski definition) is 2. The molecule has 13 heavy (non-hydrogen) atoms. The van der Waals surface area contributed by atoms with Crippen molar-refractivity contribution in [3.8, 4) is 0 Å². The van der Waals surface area contributed by atoms with Gasteiger partial charge in [-0.15, -0.1) is 0 Å². The minimum Gasteiger partial charge on any atom is -0.372 e. The highest BCUT2D eigenvalue weighted by Crippen LogP contribution is 2.14.